The van der Waals surface area contributed by atoms with Gasteiger partial charge in [-0.05, 0) is 84.9 Å². The van der Waals surface area contributed by atoms with Crippen molar-refractivity contribution in [3.63, 3.8) is 0 Å². The number of amides is 2. The zero-order valence-electron chi connectivity index (χ0n) is 20.5. The van der Waals surface area contributed by atoms with Gasteiger partial charge in [0.25, 0.3) is 0 Å². The highest BCUT2D eigenvalue weighted by atomic mass is 16.3. The lowest BCUT2D eigenvalue weighted by molar-refractivity contribution is -0.126. The summed E-state index contributed by atoms with van der Waals surface area (Å²) < 4.78 is 0. The van der Waals surface area contributed by atoms with Crippen LogP contribution in [-0.2, 0) is 41.8 Å². The Labute approximate surface area is 205 Å². The first-order chi connectivity index (χ1) is 16.7. The van der Waals surface area contributed by atoms with Gasteiger partial charge >= 0.3 is 0 Å². The number of H-pyrrole nitrogens is 1. The molecule has 0 saturated carbocycles. The molecule has 2 heterocycles. The zero-order valence-corrected chi connectivity index (χ0v) is 20.5. The van der Waals surface area contributed by atoms with Crippen molar-refractivity contribution in [1.29, 1.82) is 0 Å². The van der Waals surface area contributed by atoms with Crippen LogP contribution in [0.4, 0.5) is 0 Å². The highest BCUT2D eigenvalue weighted by Crippen LogP contribution is 2.42. The van der Waals surface area contributed by atoms with E-state index in [2.05, 4.69) is 35.8 Å². The highest BCUT2D eigenvalue weighted by molar-refractivity contribution is 6.02. The number of hydrogen-bond donors (Lipinski definition) is 3. The van der Waals surface area contributed by atoms with Crippen LogP contribution in [0.2, 0.25) is 0 Å². The normalized spacial score (nSPS) is 17.7. The Morgan fingerprint density at radius 1 is 1.20 bits per heavy atom. The van der Waals surface area contributed by atoms with Gasteiger partial charge in [-0.15, -0.1) is 0 Å². The number of nitrogens with two attached hydrogens (primary N) is 1. The molecule has 1 atom stereocenters. The van der Waals surface area contributed by atoms with Gasteiger partial charge in [0, 0.05) is 24.2 Å². The molecular weight excluding hydrogens is 438 g/mol. The Hall–Kier alpha value is -3.38. The number of primary amides is 1. The molecule has 2 amide bonds. The number of carbonyl (C=O) groups excluding carboxylic acids is 2. The van der Waals surface area contributed by atoms with E-state index < -0.39 is 5.60 Å². The van der Waals surface area contributed by atoms with Crippen LogP contribution in [0.5, 0.6) is 0 Å². The van der Waals surface area contributed by atoms with Crippen LogP contribution < -0.4 is 5.73 Å². The van der Waals surface area contributed by atoms with E-state index in [0.717, 1.165) is 59.0 Å². The van der Waals surface area contributed by atoms with E-state index in [9.17, 15) is 14.7 Å². The first-order valence-electron chi connectivity index (χ1n) is 12.4. The summed E-state index contributed by atoms with van der Waals surface area (Å²) >= 11 is 0. The number of aromatic nitrogens is 1. The number of benzene rings is 2. The number of aliphatic hydroxyl groups is 1. The lowest BCUT2D eigenvalue weighted by atomic mass is 9.77. The molecule has 182 valence electrons. The molecule has 0 bridgehead atoms. The molecule has 1 unspecified atom stereocenters. The van der Waals surface area contributed by atoms with Crippen LogP contribution in [0, 0.1) is 5.92 Å². The number of carbonyl (C=O) groups is 2. The fraction of sp³-hybridized carbons (Fsp3) is 0.379. The summed E-state index contributed by atoms with van der Waals surface area (Å²) in [6.45, 7) is 8.64. The molecule has 1 aromatic heterocycles. The zero-order chi connectivity index (χ0) is 24.9. The number of hydrogen-bond acceptors (Lipinski definition) is 3. The average molecular weight is 472 g/mol. The van der Waals surface area contributed by atoms with Crippen molar-refractivity contribution in [3.05, 3.63) is 70.9 Å². The maximum atomic E-state index is 12.2. The smallest absolute Gasteiger partial charge is 0.246 e. The lowest BCUT2D eigenvalue weighted by Gasteiger charge is -2.32. The number of fused-ring (bicyclic) bond motifs is 4. The second kappa shape index (κ2) is 8.68. The quantitative estimate of drug-likeness (QED) is 0.494. The largest absolute Gasteiger partial charge is 0.390 e. The van der Waals surface area contributed by atoms with Crippen LogP contribution in [0.1, 0.15) is 48.2 Å². The van der Waals surface area contributed by atoms with E-state index in [1.54, 1.807) is 0 Å². The van der Waals surface area contributed by atoms with Crippen molar-refractivity contribution in [2.24, 2.45) is 11.7 Å². The van der Waals surface area contributed by atoms with Gasteiger partial charge in [-0.3, -0.25) is 9.59 Å². The van der Waals surface area contributed by atoms with Gasteiger partial charge in [-0.25, -0.2) is 0 Å². The van der Waals surface area contributed by atoms with Crippen molar-refractivity contribution in [2.45, 2.75) is 58.1 Å². The highest BCUT2D eigenvalue weighted by Gasteiger charge is 2.33. The van der Waals surface area contributed by atoms with Crippen molar-refractivity contribution in [2.75, 3.05) is 6.54 Å². The van der Waals surface area contributed by atoms with Crippen molar-refractivity contribution in [1.82, 2.24) is 9.88 Å². The fourth-order valence-electron chi connectivity index (χ4n) is 5.94. The van der Waals surface area contributed by atoms with Gasteiger partial charge in [0.2, 0.25) is 11.8 Å². The molecule has 4 N–H and O–H groups in total. The maximum absolute atomic E-state index is 12.2. The predicted molar refractivity (Wildman–Crippen MR) is 138 cm³/mol. The summed E-state index contributed by atoms with van der Waals surface area (Å²) in [6, 6.07) is 10.4. The SMILES string of the molecule is C=CC(=O)N1CCc2c(cccc2-c2ccc(CC(N)=O)c3[nH]c4c(c23)CCC(C(C)(C)O)C4)C1. The van der Waals surface area contributed by atoms with Crippen LogP contribution >= 0.6 is 0 Å². The Morgan fingerprint density at radius 3 is 2.71 bits per heavy atom. The molecule has 0 saturated heterocycles. The molecule has 0 spiro atoms. The summed E-state index contributed by atoms with van der Waals surface area (Å²) in [5.41, 5.74) is 13.9. The van der Waals surface area contributed by atoms with Gasteiger partial charge in [0.05, 0.1) is 17.5 Å². The average Bonchev–Trinajstić information content (AvgIpc) is 3.22. The summed E-state index contributed by atoms with van der Waals surface area (Å²) in [5, 5.41) is 11.8. The standard InChI is InChI=1S/C29H33N3O3/c1-4-26(34)32-13-12-20-18(16-32)6-5-7-21(20)22-10-8-17(14-25(30)33)28-27(22)23-11-9-19(29(2,3)35)15-24(23)31-28/h4-8,10,19,31,35H,1,9,11-16H2,2-3H3,(H2,30,33). The van der Waals surface area contributed by atoms with Crippen LogP contribution in [-0.4, -0.2) is 39.0 Å². The van der Waals surface area contributed by atoms with E-state index in [1.807, 2.05) is 24.8 Å². The second-order valence-electron chi connectivity index (χ2n) is 10.5. The minimum absolute atomic E-state index is 0.0414. The van der Waals surface area contributed by atoms with Crippen LogP contribution in [0.15, 0.2) is 43.0 Å². The van der Waals surface area contributed by atoms with E-state index in [4.69, 9.17) is 5.73 Å². The Morgan fingerprint density at radius 2 is 2.00 bits per heavy atom. The Kier molecular flexibility index (Phi) is 5.80. The van der Waals surface area contributed by atoms with Crippen molar-refractivity contribution >= 4 is 22.7 Å². The molecule has 6 heteroatoms. The Bertz CT molecular complexity index is 1350. The maximum Gasteiger partial charge on any atom is 0.246 e. The molecule has 3 aromatic rings. The third-order valence-electron chi connectivity index (χ3n) is 7.83. The van der Waals surface area contributed by atoms with E-state index >= 15 is 0 Å². The van der Waals surface area contributed by atoms with Gasteiger partial charge in [-0.1, -0.05) is 36.9 Å². The minimum Gasteiger partial charge on any atom is -0.390 e. The van der Waals surface area contributed by atoms with Gasteiger partial charge < -0.3 is 20.7 Å². The topological polar surface area (TPSA) is 99.4 Å². The van der Waals surface area contributed by atoms with Gasteiger partial charge in [-0.2, -0.15) is 0 Å². The summed E-state index contributed by atoms with van der Waals surface area (Å²) in [4.78, 5) is 29.5. The van der Waals surface area contributed by atoms with Crippen LogP contribution in [0.25, 0.3) is 22.0 Å². The molecule has 6 nitrogen and oxygen atoms in total. The number of aromatic amines is 1. The molecule has 5 rings (SSSR count). The third kappa shape index (κ3) is 4.16. The molecular formula is C29H33N3O3. The Balaban J connectivity index is 1.66. The molecule has 0 fully saturated rings. The molecule has 1 aliphatic heterocycles. The lowest BCUT2D eigenvalue weighted by Crippen LogP contribution is -2.35. The number of nitrogens with zero attached hydrogens (tertiary/aromatic N) is 1. The molecule has 0 radical (unpaired) electrons. The van der Waals surface area contributed by atoms with Crippen molar-refractivity contribution < 1.29 is 14.7 Å². The number of rotatable bonds is 5. The van der Waals surface area contributed by atoms with Crippen molar-refractivity contribution in [3.8, 4) is 11.1 Å². The first-order valence-corrected chi connectivity index (χ1v) is 12.4. The molecule has 35 heavy (non-hydrogen) atoms. The molecule has 2 aliphatic rings. The van der Waals surface area contributed by atoms with E-state index in [1.165, 1.54) is 22.8 Å². The fourth-order valence-corrected chi connectivity index (χ4v) is 5.94. The van der Waals surface area contributed by atoms with Gasteiger partial charge in [0.1, 0.15) is 0 Å². The van der Waals surface area contributed by atoms with Gasteiger partial charge in [0.15, 0.2) is 0 Å². The van der Waals surface area contributed by atoms with E-state index in [-0.39, 0.29) is 24.2 Å². The minimum atomic E-state index is -0.749. The second-order valence-corrected chi connectivity index (χ2v) is 10.5. The summed E-state index contributed by atoms with van der Waals surface area (Å²) in [5.74, 6) is -0.227. The van der Waals surface area contributed by atoms with Crippen LogP contribution in [0.3, 0.4) is 0 Å². The monoisotopic (exact) mass is 471 g/mol. The summed E-state index contributed by atoms with van der Waals surface area (Å²) in [6.07, 6.45) is 4.89. The number of nitrogens with one attached hydrogen (secondary N) is 1. The third-order valence-corrected chi connectivity index (χ3v) is 7.83. The predicted octanol–water partition coefficient (Wildman–Crippen LogP) is 3.81. The number of aryl methyl sites for hydroxylation is 1. The summed E-state index contributed by atoms with van der Waals surface area (Å²) in [7, 11) is 0. The molecule has 2 aromatic carbocycles. The molecule has 1 aliphatic carbocycles. The van der Waals surface area contributed by atoms with E-state index in [0.29, 0.717) is 13.1 Å². The first kappa shape index (κ1) is 23.4.